The van der Waals surface area contributed by atoms with Gasteiger partial charge >= 0.3 is 0 Å². The lowest BCUT2D eigenvalue weighted by Gasteiger charge is -2.37. The van der Waals surface area contributed by atoms with Crippen LogP contribution in [0.4, 0.5) is 4.39 Å². The third-order valence-electron chi connectivity index (χ3n) is 6.29. The Labute approximate surface area is 204 Å². The van der Waals surface area contributed by atoms with E-state index in [2.05, 4.69) is 22.1 Å². The highest BCUT2D eigenvalue weighted by atomic mass is 19.1. The number of nitrogens with zero attached hydrogens (tertiary/aromatic N) is 3. The Bertz CT molecular complexity index is 1010. The van der Waals surface area contributed by atoms with Crippen LogP contribution in [-0.2, 0) is 0 Å². The molecule has 3 rings (SSSR count). The average molecular weight is 488 g/mol. The molecule has 1 heterocycles. The number of benzene rings is 2. The van der Waals surface area contributed by atoms with Gasteiger partial charge in [0.05, 0.1) is 12.2 Å². The van der Waals surface area contributed by atoms with E-state index < -0.39 is 5.82 Å². The summed E-state index contributed by atoms with van der Waals surface area (Å²) >= 11 is 0. The van der Waals surface area contributed by atoms with E-state index in [0.717, 1.165) is 50.9 Å². The summed E-state index contributed by atoms with van der Waals surface area (Å²) < 4.78 is 25.9. The average Bonchev–Trinajstić information content (AvgIpc) is 2.89. The molecule has 1 fully saturated rings. The molecule has 1 unspecified atom stereocenters. The lowest BCUT2D eigenvalue weighted by atomic mass is 9.92. The fraction of sp³-hybridized carbons (Fsp3) is 0.440. The molecule has 0 saturated carbocycles. The maximum Gasteiger partial charge on any atom is 0.173 e. The van der Waals surface area contributed by atoms with Gasteiger partial charge in [-0.3, -0.25) is 4.90 Å². The quantitative estimate of drug-likeness (QED) is 0.125. The van der Waals surface area contributed by atoms with E-state index in [9.17, 15) is 4.39 Å². The Kier molecular flexibility index (Phi) is 9.54. The minimum Gasteiger partial charge on any atom is -0.493 e. The third kappa shape index (κ3) is 7.22. The van der Waals surface area contributed by atoms with Crippen molar-refractivity contribution < 1.29 is 24.3 Å². The van der Waals surface area contributed by atoms with Crippen LogP contribution < -0.4 is 20.9 Å². The van der Waals surface area contributed by atoms with Crippen LogP contribution in [0.5, 0.6) is 11.5 Å². The maximum atomic E-state index is 14.0. The van der Waals surface area contributed by atoms with Crippen molar-refractivity contribution in [3.8, 4) is 11.5 Å². The Morgan fingerprint density at radius 1 is 1.06 bits per heavy atom. The van der Waals surface area contributed by atoms with Crippen LogP contribution in [0.15, 0.2) is 52.8 Å². The molecule has 0 aromatic heterocycles. The first-order valence-electron chi connectivity index (χ1n) is 11.8. The van der Waals surface area contributed by atoms with Gasteiger partial charge in [-0.2, -0.15) is 0 Å². The lowest BCUT2D eigenvalue weighted by molar-refractivity contribution is -0.00144. The van der Waals surface area contributed by atoms with Gasteiger partial charge in [0.2, 0.25) is 0 Å². The fourth-order valence-electron chi connectivity index (χ4n) is 4.27. The first-order chi connectivity index (χ1) is 16.9. The molecule has 9 nitrogen and oxygen atoms in total. The molecule has 0 spiro atoms. The van der Waals surface area contributed by atoms with Gasteiger partial charge in [0.15, 0.2) is 17.9 Å². The summed E-state index contributed by atoms with van der Waals surface area (Å²) in [6, 6.07) is 11.5. The van der Waals surface area contributed by atoms with Crippen molar-refractivity contribution in [3.63, 3.8) is 0 Å². The normalized spacial score (nSPS) is 16.7. The SMILES string of the molecule is CCC(Oc1ccc(C(N)=NO)cc1)N1CCC(CCCOc2ccc(C(N)=NO)c(F)c2)CC1. The third-order valence-corrected chi connectivity index (χ3v) is 6.29. The topological polar surface area (TPSA) is 139 Å². The summed E-state index contributed by atoms with van der Waals surface area (Å²) in [4.78, 5) is 2.37. The highest BCUT2D eigenvalue weighted by Gasteiger charge is 2.25. The second kappa shape index (κ2) is 12.8. The number of hydrogen-bond donors (Lipinski definition) is 4. The van der Waals surface area contributed by atoms with Gasteiger partial charge in [0.25, 0.3) is 0 Å². The number of rotatable bonds is 11. The van der Waals surface area contributed by atoms with E-state index in [1.807, 2.05) is 12.1 Å². The molecule has 6 N–H and O–H groups in total. The number of piperidine rings is 1. The van der Waals surface area contributed by atoms with Crippen LogP contribution in [0.25, 0.3) is 0 Å². The molecule has 2 aromatic rings. The summed E-state index contributed by atoms with van der Waals surface area (Å²) in [6.45, 7) is 4.55. The van der Waals surface area contributed by atoms with Crippen LogP contribution >= 0.6 is 0 Å². The van der Waals surface area contributed by atoms with Crippen LogP contribution in [0.3, 0.4) is 0 Å². The first kappa shape index (κ1) is 26.1. The molecular formula is C25H34FN5O4. The standard InChI is InChI=1S/C25H34FN5O4/c1-2-23(35-19-7-5-18(6-8-19)24(27)29-32)31-13-11-17(12-14-31)4-3-15-34-20-9-10-21(22(26)16-20)25(28)30-33/h5-10,16-17,23,32-33H,2-4,11-15H2,1H3,(H2,27,29)(H2,28,30). The molecule has 0 bridgehead atoms. The number of hydrogen-bond acceptors (Lipinski definition) is 7. The van der Waals surface area contributed by atoms with Gasteiger partial charge < -0.3 is 31.4 Å². The van der Waals surface area contributed by atoms with Crippen molar-refractivity contribution in [2.75, 3.05) is 19.7 Å². The van der Waals surface area contributed by atoms with Crippen molar-refractivity contribution in [1.29, 1.82) is 0 Å². The minimum absolute atomic E-state index is 0.00299. The second-order valence-electron chi connectivity index (χ2n) is 8.59. The molecule has 1 atom stereocenters. The van der Waals surface area contributed by atoms with Crippen LogP contribution in [-0.4, -0.2) is 52.9 Å². The number of likely N-dealkylation sites (tertiary alicyclic amines) is 1. The van der Waals surface area contributed by atoms with Crippen LogP contribution in [0.2, 0.25) is 0 Å². The Morgan fingerprint density at radius 3 is 2.31 bits per heavy atom. The van der Waals surface area contributed by atoms with E-state index >= 15 is 0 Å². The highest BCUT2D eigenvalue weighted by molar-refractivity contribution is 5.97. The van der Waals surface area contributed by atoms with Crippen molar-refractivity contribution in [3.05, 3.63) is 59.4 Å². The molecule has 1 saturated heterocycles. The minimum atomic E-state index is -0.586. The van der Waals surface area contributed by atoms with E-state index in [1.54, 1.807) is 18.2 Å². The maximum absolute atomic E-state index is 14.0. The molecule has 0 radical (unpaired) electrons. The van der Waals surface area contributed by atoms with Gasteiger partial charge in [-0.05, 0) is 74.4 Å². The van der Waals surface area contributed by atoms with Crippen LogP contribution in [0.1, 0.15) is 50.2 Å². The summed E-state index contributed by atoms with van der Waals surface area (Å²) in [6.07, 6.45) is 4.97. The fourth-order valence-corrected chi connectivity index (χ4v) is 4.27. The molecule has 0 aliphatic carbocycles. The second-order valence-corrected chi connectivity index (χ2v) is 8.59. The van der Waals surface area contributed by atoms with Crippen LogP contribution in [0, 0.1) is 11.7 Å². The number of oxime groups is 2. The number of ether oxygens (including phenoxy) is 2. The Hall–Kier alpha value is -3.53. The number of amidine groups is 2. The van der Waals surface area contributed by atoms with E-state index in [0.29, 0.717) is 23.8 Å². The predicted molar refractivity (Wildman–Crippen MR) is 132 cm³/mol. The molecule has 1 aliphatic rings. The Morgan fingerprint density at radius 2 is 1.71 bits per heavy atom. The molecule has 35 heavy (non-hydrogen) atoms. The zero-order valence-electron chi connectivity index (χ0n) is 19.9. The predicted octanol–water partition coefficient (Wildman–Crippen LogP) is 3.70. The molecule has 2 aromatic carbocycles. The summed E-state index contributed by atoms with van der Waals surface area (Å²) in [5, 5.41) is 23.3. The molecule has 1 aliphatic heterocycles. The lowest BCUT2D eigenvalue weighted by Crippen LogP contribution is -2.44. The summed E-state index contributed by atoms with van der Waals surface area (Å²) in [5.74, 6) is 1.01. The van der Waals surface area contributed by atoms with Gasteiger partial charge in [-0.15, -0.1) is 0 Å². The van der Waals surface area contributed by atoms with Gasteiger partial charge in [-0.25, -0.2) is 4.39 Å². The monoisotopic (exact) mass is 487 g/mol. The Balaban J connectivity index is 1.39. The van der Waals surface area contributed by atoms with Gasteiger partial charge in [0, 0.05) is 24.7 Å². The zero-order chi connectivity index (χ0) is 25.2. The summed E-state index contributed by atoms with van der Waals surface area (Å²) in [5.41, 5.74) is 11.7. The van der Waals surface area contributed by atoms with Crippen molar-refractivity contribution in [1.82, 2.24) is 4.90 Å². The van der Waals surface area contributed by atoms with E-state index in [-0.39, 0.29) is 23.5 Å². The van der Waals surface area contributed by atoms with Crippen molar-refractivity contribution in [2.24, 2.45) is 27.7 Å². The van der Waals surface area contributed by atoms with Gasteiger partial charge in [-0.1, -0.05) is 17.2 Å². The van der Waals surface area contributed by atoms with Crippen molar-refractivity contribution >= 4 is 11.7 Å². The number of nitrogens with two attached hydrogens (primary N) is 2. The van der Waals surface area contributed by atoms with E-state index in [1.165, 1.54) is 12.1 Å². The molecule has 10 heteroatoms. The molecular weight excluding hydrogens is 453 g/mol. The summed E-state index contributed by atoms with van der Waals surface area (Å²) in [7, 11) is 0. The van der Waals surface area contributed by atoms with E-state index in [4.69, 9.17) is 31.4 Å². The molecule has 0 amide bonds. The zero-order valence-corrected chi connectivity index (χ0v) is 19.9. The van der Waals surface area contributed by atoms with Crippen molar-refractivity contribution in [2.45, 2.75) is 45.3 Å². The first-order valence-corrected chi connectivity index (χ1v) is 11.8. The smallest absolute Gasteiger partial charge is 0.173 e. The molecule has 190 valence electrons. The highest BCUT2D eigenvalue weighted by Crippen LogP contribution is 2.26. The number of halogens is 1. The van der Waals surface area contributed by atoms with Gasteiger partial charge in [0.1, 0.15) is 17.3 Å². The largest absolute Gasteiger partial charge is 0.493 e.